The highest BCUT2D eigenvalue weighted by atomic mass is 32.2. The van der Waals surface area contributed by atoms with Crippen LogP contribution >= 0.6 is 23.1 Å². The van der Waals surface area contributed by atoms with Gasteiger partial charge in [0.2, 0.25) is 0 Å². The first-order chi connectivity index (χ1) is 8.96. The Morgan fingerprint density at radius 2 is 2.26 bits per heavy atom. The molecule has 0 atom stereocenters. The van der Waals surface area contributed by atoms with E-state index in [1.54, 1.807) is 11.4 Å². The van der Waals surface area contributed by atoms with Gasteiger partial charge in [0.1, 0.15) is 10.5 Å². The molecule has 104 valence electrons. The van der Waals surface area contributed by atoms with Crippen LogP contribution in [0.1, 0.15) is 5.82 Å². The fourth-order valence-corrected chi connectivity index (χ4v) is 2.65. The third-order valence-corrected chi connectivity index (χ3v) is 3.84. The minimum atomic E-state index is -4.20. The van der Waals surface area contributed by atoms with Gasteiger partial charge in [-0.15, -0.1) is 11.3 Å². The van der Waals surface area contributed by atoms with Gasteiger partial charge in [0.25, 0.3) is 5.56 Å². The zero-order valence-corrected chi connectivity index (χ0v) is 11.2. The van der Waals surface area contributed by atoms with Crippen molar-refractivity contribution < 1.29 is 13.2 Å². The van der Waals surface area contributed by atoms with Gasteiger partial charge in [0.05, 0.1) is 12.1 Å². The van der Waals surface area contributed by atoms with E-state index in [1.807, 2.05) is 0 Å². The van der Waals surface area contributed by atoms with Crippen LogP contribution < -0.4 is 10.9 Å². The molecule has 0 fully saturated rings. The summed E-state index contributed by atoms with van der Waals surface area (Å²) in [6, 6.07) is 1.73. The predicted octanol–water partition coefficient (Wildman–Crippen LogP) is 2.33. The van der Waals surface area contributed by atoms with Crippen molar-refractivity contribution in [3.63, 3.8) is 0 Å². The van der Waals surface area contributed by atoms with Gasteiger partial charge in [-0.2, -0.15) is 13.2 Å². The zero-order chi connectivity index (χ0) is 13.9. The minimum absolute atomic E-state index is 0.0750. The zero-order valence-electron chi connectivity index (χ0n) is 9.58. The summed E-state index contributed by atoms with van der Waals surface area (Å²) in [5.41, 5.74) is -3.82. The highest BCUT2D eigenvalue weighted by molar-refractivity contribution is 8.00. The lowest BCUT2D eigenvalue weighted by molar-refractivity contribution is -0.0327. The molecule has 0 aliphatic rings. The minimum Gasteiger partial charge on any atom is -0.309 e. The maximum Gasteiger partial charge on any atom is 0.441 e. The highest BCUT2D eigenvalue weighted by Crippen LogP contribution is 2.29. The Hall–Kier alpha value is -1.06. The number of nitrogens with zero attached hydrogens (tertiary/aromatic N) is 1. The number of aromatic amines is 1. The Kier molecular flexibility index (Phi) is 4.48. The fraction of sp³-hybridized carbons (Fsp3) is 0.400. The van der Waals surface area contributed by atoms with Crippen LogP contribution in [0.25, 0.3) is 10.2 Å². The summed E-state index contributed by atoms with van der Waals surface area (Å²) in [5.74, 6) is 0.349. The molecule has 19 heavy (non-hydrogen) atoms. The molecule has 0 aromatic carbocycles. The first-order valence-corrected chi connectivity index (χ1v) is 7.20. The molecule has 0 saturated carbocycles. The molecule has 2 rings (SSSR count). The summed E-state index contributed by atoms with van der Waals surface area (Å²) in [7, 11) is 0. The van der Waals surface area contributed by atoms with Crippen LogP contribution in [0.2, 0.25) is 0 Å². The molecule has 2 heterocycles. The van der Waals surface area contributed by atoms with Gasteiger partial charge in [-0.1, -0.05) is 0 Å². The summed E-state index contributed by atoms with van der Waals surface area (Å²) in [5, 5.41) is 4.58. The van der Waals surface area contributed by atoms with Crippen molar-refractivity contribution in [2.24, 2.45) is 0 Å². The number of hydrogen-bond donors (Lipinski definition) is 2. The predicted molar refractivity (Wildman–Crippen MR) is 70.5 cm³/mol. The average Bonchev–Trinajstić information content (AvgIpc) is 2.75. The first-order valence-electron chi connectivity index (χ1n) is 5.33. The van der Waals surface area contributed by atoms with Crippen LogP contribution in [-0.4, -0.2) is 27.8 Å². The van der Waals surface area contributed by atoms with E-state index in [9.17, 15) is 18.0 Å². The molecule has 0 bridgehead atoms. The molecule has 0 unspecified atom stereocenters. The fourth-order valence-electron chi connectivity index (χ4n) is 1.45. The molecule has 2 N–H and O–H groups in total. The van der Waals surface area contributed by atoms with Crippen molar-refractivity contribution in [3.8, 4) is 0 Å². The Morgan fingerprint density at radius 1 is 1.47 bits per heavy atom. The largest absolute Gasteiger partial charge is 0.441 e. The Labute approximate surface area is 114 Å². The topological polar surface area (TPSA) is 57.8 Å². The lowest BCUT2D eigenvalue weighted by Crippen LogP contribution is -2.22. The van der Waals surface area contributed by atoms with E-state index in [0.29, 0.717) is 16.0 Å². The molecule has 0 amide bonds. The molecule has 0 radical (unpaired) electrons. The van der Waals surface area contributed by atoms with Gasteiger partial charge in [-0.3, -0.25) is 4.79 Å². The number of thioether (sulfide) groups is 1. The molecule has 0 spiro atoms. The van der Waals surface area contributed by atoms with Gasteiger partial charge < -0.3 is 10.3 Å². The number of aromatic nitrogens is 2. The Balaban J connectivity index is 1.86. The summed E-state index contributed by atoms with van der Waals surface area (Å²) >= 11 is 1.22. The molecular weight excluding hydrogens is 299 g/mol. The highest BCUT2D eigenvalue weighted by Gasteiger charge is 2.27. The van der Waals surface area contributed by atoms with Crippen LogP contribution in [0.15, 0.2) is 16.2 Å². The van der Waals surface area contributed by atoms with E-state index >= 15 is 0 Å². The summed E-state index contributed by atoms with van der Waals surface area (Å²) in [6.45, 7) is 0.426. The second kappa shape index (κ2) is 5.93. The molecule has 0 aliphatic carbocycles. The van der Waals surface area contributed by atoms with E-state index in [-0.39, 0.29) is 36.2 Å². The number of hydrogen-bond acceptors (Lipinski definition) is 5. The second-order valence-electron chi connectivity index (χ2n) is 3.62. The quantitative estimate of drug-likeness (QED) is 0.832. The van der Waals surface area contributed by atoms with E-state index < -0.39 is 5.51 Å². The van der Waals surface area contributed by atoms with Crippen molar-refractivity contribution in [1.82, 2.24) is 15.3 Å². The lowest BCUT2D eigenvalue weighted by Gasteiger charge is -2.06. The van der Waals surface area contributed by atoms with E-state index in [4.69, 9.17) is 0 Å². The lowest BCUT2D eigenvalue weighted by atomic mass is 10.4. The van der Waals surface area contributed by atoms with Crippen molar-refractivity contribution in [2.45, 2.75) is 12.1 Å². The van der Waals surface area contributed by atoms with Gasteiger partial charge in [0.15, 0.2) is 0 Å². The molecule has 2 aromatic rings. The number of alkyl halides is 3. The van der Waals surface area contributed by atoms with Gasteiger partial charge in [-0.05, 0) is 23.2 Å². The first kappa shape index (κ1) is 14.4. The van der Waals surface area contributed by atoms with Crippen molar-refractivity contribution in [1.29, 1.82) is 0 Å². The Morgan fingerprint density at radius 3 is 3.00 bits per heavy atom. The molecule has 9 heteroatoms. The smallest absolute Gasteiger partial charge is 0.309 e. The van der Waals surface area contributed by atoms with E-state index in [1.165, 1.54) is 11.3 Å². The number of rotatable bonds is 5. The number of H-pyrrole nitrogens is 1. The van der Waals surface area contributed by atoms with E-state index in [2.05, 4.69) is 15.3 Å². The second-order valence-corrected chi connectivity index (χ2v) is 5.69. The summed E-state index contributed by atoms with van der Waals surface area (Å²) in [6.07, 6.45) is 0. The van der Waals surface area contributed by atoms with Gasteiger partial charge in [-0.25, -0.2) is 4.98 Å². The SMILES string of the molecule is O=c1[nH]c(CNCCSC(F)(F)F)nc2ccsc12. The van der Waals surface area contributed by atoms with Gasteiger partial charge >= 0.3 is 5.51 Å². The van der Waals surface area contributed by atoms with Crippen LogP contribution in [0.4, 0.5) is 13.2 Å². The number of thiophene rings is 1. The number of fused-ring (bicyclic) bond motifs is 1. The monoisotopic (exact) mass is 309 g/mol. The van der Waals surface area contributed by atoms with Crippen molar-refractivity contribution >= 4 is 33.3 Å². The van der Waals surface area contributed by atoms with Crippen LogP contribution in [0.3, 0.4) is 0 Å². The molecule has 0 saturated heterocycles. The summed E-state index contributed by atoms with van der Waals surface area (Å²) < 4.78 is 36.2. The number of halogens is 3. The maximum absolute atomic E-state index is 11.9. The molecule has 4 nitrogen and oxygen atoms in total. The molecule has 2 aromatic heterocycles. The normalized spacial score (nSPS) is 12.2. The number of nitrogens with one attached hydrogen (secondary N) is 2. The third kappa shape index (κ3) is 4.22. The standard InChI is InChI=1S/C10H10F3N3OS2/c11-10(12,13)19-4-2-14-5-7-15-6-1-3-18-8(6)9(17)16-7/h1,3,14H,2,4-5H2,(H,15,16,17). The Bertz CT molecular complexity index is 608. The summed E-state index contributed by atoms with van der Waals surface area (Å²) in [4.78, 5) is 18.4. The van der Waals surface area contributed by atoms with Gasteiger partial charge in [0, 0.05) is 12.3 Å². The molecular formula is C10H10F3N3OS2. The van der Waals surface area contributed by atoms with Crippen molar-refractivity contribution in [3.05, 3.63) is 27.6 Å². The molecule has 0 aliphatic heterocycles. The van der Waals surface area contributed by atoms with Crippen molar-refractivity contribution in [2.75, 3.05) is 12.3 Å². The van der Waals surface area contributed by atoms with Crippen LogP contribution in [-0.2, 0) is 6.54 Å². The van der Waals surface area contributed by atoms with Crippen LogP contribution in [0, 0.1) is 0 Å². The van der Waals surface area contributed by atoms with Crippen LogP contribution in [0.5, 0.6) is 0 Å². The maximum atomic E-state index is 11.9. The van der Waals surface area contributed by atoms with E-state index in [0.717, 1.165) is 0 Å². The third-order valence-electron chi connectivity index (χ3n) is 2.20. The average molecular weight is 309 g/mol.